The van der Waals surface area contributed by atoms with E-state index < -0.39 is 5.97 Å². The van der Waals surface area contributed by atoms with E-state index in [2.05, 4.69) is 10.3 Å². The number of ether oxygens (including phenoxy) is 1. The van der Waals surface area contributed by atoms with Crippen molar-refractivity contribution < 1.29 is 14.6 Å². The SMILES string of the molecule is Cc1sc(Nc2ccc(C(=O)O)cc2)nc1-c1ccc(OC(C)C)cc1. The summed E-state index contributed by atoms with van der Waals surface area (Å²) in [5, 5.41) is 13.0. The number of carboxylic acid groups (broad SMARTS) is 1. The topological polar surface area (TPSA) is 71.5 Å². The summed E-state index contributed by atoms with van der Waals surface area (Å²) < 4.78 is 5.67. The Balaban J connectivity index is 1.77. The number of hydrogen-bond acceptors (Lipinski definition) is 5. The van der Waals surface area contributed by atoms with Gasteiger partial charge >= 0.3 is 5.97 Å². The second-order valence-electron chi connectivity index (χ2n) is 6.12. The lowest BCUT2D eigenvalue weighted by molar-refractivity contribution is 0.0697. The number of nitrogens with one attached hydrogen (secondary N) is 1. The fourth-order valence-electron chi connectivity index (χ4n) is 2.50. The molecule has 3 rings (SSSR count). The van der Waals surface area contributed by atoms with Crippen LogP contribution >= 0.6 is 11.3 Å². The monoisotopic (exact) mass is 368 g/mol. The van der Waals surface area contributed by atoms with Crippen LogP contribution in [0.25, 0.3) is 11.3 Å². The molecule has 0 amide bonds. The molecule has 0 radical (unpaired) electrons. The molecular weight excluding hydrogens is 348 g/mol. The number of carboxylic acids is 1. The maximum atomic E-state index is 10.9. The molecule has 0 aliphatic carbocycles. The van der Waals surface area contributed by atoms with Gasteiger partial charge in [-0.05, 0) is 69.3 Å². The first kappa shape index (κ1) is 17.9. The Morgan fingerprint density at radius 3 is 2.35 bits per heavy atom. The first-order chi connectivity index (χ1) is 12.4. The maximum Gasteiger partial charge on any atom is 0.335 e. The van der Waals surface area contributed by atoms with Crippen LogP contribution < -0.4 is 10.1 Å². The average molecular weight is 368 g/mol. The molecule has 0 saturated heterocycles. The van der Waals surface area contributed by atoms with E-state index in [0.29, 0.717) is 0 Å². The largest absolute Gasteiger partial charge is 0.491 e. The molecule has 0 spiro atoms. The summed E-state index contributed by atoms with van der Waals surface area (Å²) in [7, 11) is 0. The zero-order valence-electron chi connectivity index (χ0n) is 14.8. The van der Waals surface area contributed by atoms with Crippen molar-refractivity contribution in [3.63, 3.8) is 0 Å². The summed E-state index contributed by atoms with van der Waals surface area (Å²) in [5.74, 6) is -0.0951. The van der Waals surface area contributed by atoms with Gasteiger partial charge in [0.25, 0.3) is 0 Å². The van der Waals surface area contributed by atoms with Crippen LogP contribution in [-0.2, 0) is 0 Å². The fraction of sp³-hybridized carbons (Fsp3) is 0.200. The minimum atomic E-state index is -0.936. The highest BCUT2D eigenvalue weighted by Crippen LogP contribution is 2.32. The molecule has 0 aliphatic heterocycles. The van der Waals surface area contributed by atoms with Crippen LogP contribution in [0.1, 0.15) is 29.1 Å². The van der Waals surface area contributed by atoms with Gasteiger partial charge in [0, 0.05) is 16.1 Å². The Kier molecular flexibility index (Phi) is 5.23. The predicted molar refractivity (Wildman–Crippen MR) is 105 cm³/mol. The highest BCUT2D eigenvalue weighted by molar-refractivity contribution is 7.16. The standard InChI is InChI=1S/C20H20N2O3S/c1-12(2)25-17-10-6-14(7-11-17)18-13(3)26-20(22-18)21-16-8-4-15(5-9-16)19(23)24/h4-12H,1-3H3,(H,21,22)(H,23,24). The Morgan fingerprint density at radius 1 is 1.12 bits per heavy atom. The molecule has 0 saturated carbocycles. The number of nitrogens with zero attached hydrogens (tertiary/aromatic N) is 1. The lowest BCUT2D eigenvalue weighted by atomic mass is 10.1. The zero-order chi connectivity index (χ0) is 18.7. The molecule has 0 unspecified atom stereocenters. The van der Waals surface area contributed by atoms with Gasteiger partial charge in [-0.1, -0.05) is 0 Å². The quantitative estimate of drug-likeness (QED) is 0.614. The van der Waals surface area contributed by atoms with Crippen molar-refractivity contribution in [3.05, 3.63) is 59.0 Å². The third kappa shape index (κ3) is 4.21. The van der Waals surface area contributed by atoms with Crippen LogP contribution in [0.5, 0.6) is 5.75 Å². The fourth-order valence-corrected chi connectivity index (χ4v) is 3.36. The molecule has 1 aromatic heterocycles. The van der Waals surface area contributed by atoms with Crippen molar-refractivity contribution in [1.29, 1.82) is 0 Å². The van der Waals surface area contributed by atoms with E-state index in [4.69, 9.17) is 9.84 Å². The Hall–Kier alpha value is -2.86. The van der Waals surface area contributed by atoms with Crippen LogP contribution in [-0.4, -0.2) is 22.2 Å². The molecule has 2 N–H and O–H groups in total. The number of rotatable bonds is 6. The van der Waals surface area contributed by atoms with Gasteiger partial charge < -0.3 is 15.2 Å². The van der Waals surface area contributed by atoms with E-state index in [1.807, 2.05) is 45.0 Å². The molecule has 0 bridgehead atoms. The maximum absolute atomic E-state index is 10.9. The number of anilines is 2. The summed E-state index contributed by atoms with van der Waals surface area (Å²) in [4.78, 5) is 16.7. The molecular formula is C20H20N2O3S. The van der Waals surface area contributed by atoms with Gasteiger partial charge in [-0.25, -0.2) is 9.78 Å². The number of thiazole rings is 1. The van der Waals surface area contributed by atoms with E-state index >= 15 is 0 Å². The van der Waals surface area contributed by atoms with Gasteiger partial charge in [-0.2, -0.15) is 0 Å². The molecule has 2 aromatic carbocycles. The second kappa shape index (κ2) is 7.58. The third-order valence-corrected chi connectivity index (χ3v) is 4.57. The summed E-state index contributed by atoms with van der Waals surface area (Å²) in [6, 6.07) is 14.5. The summed E-state index contributed by atoms with van der Waals surface area (Å²) in [5.41, 5.74) is 3.02. The number of aryl methyl sites for hydroxylation is 1. The average Bonchev–Trinajstić information content (AvgIpc) is 2.96. The molecule has 0 aliphatic rings. The highest BCUT2D eigenvalue weighted by Gasteiger charge is 2.11. The van der Waals surface area contributed by atoms with Crippen molar-refractivity contribution in [2.45, 2.75) is 26.9 Å². The number of aromatic carboxylic acids is 1. The first-order valence-electron chi connectivity index (χ1n) is 8.27. The van der Waals surface area contributed by atoms with Gasteiger partial charge in [0.15, 0.2) is 5.13 Å². The summed E-state index contributed by atoms with van der Waals surface area (Å²) in [6.07, 6.45) is 0.144. The van der Waals surface area contributed by atoms with Gasteiger partial charge in [-0.15, -0.1) is 11.3 Å². The Bertz CT molecular complexity index is 900. The van der Waals surface area contributed by atoms with Crippen molar-refractivity contribution in [3.8, 4) is 17.0 Å². The smallest absolute Gasteiger partial charge is 0.335 e. The Labute approximate surface area is 156 Å². The molecule has 5 nitrogen and oxygen atoms in total. The molecule has 3 aromatic rings. The van der Waals surface area contributed by atoms with Gasteiger partial charge in [0.2, 0.25) is 0 Å². The van der Waals surface area contributed by atoms with Gasteiger partial charge in [0.1, 0.15) is 5.75 Å². The first-order valence-corrected chi connectivity index (χ1v) is 9.09. The van der Waals surface area contributed by atoms with Gasteiger partial charge in [0.05, 0.1) is 17.4 Å². The molecule has 0 fully saturated rings. The van der Waals surface area contributed by atoms with Gasteiger partial charge in [-0.3, -0.25) is 0 Å². The van der Waals surface area contributed by atoms with Crippen LogP contribution in [0.2, 0.25) is 0 Å². The van der Waals surface area contributed by atoms with Crippen LogP contribution in [0.15, 0.2) is 48.5 Å². The zero-order valence-corrected chi connectivity index (χ0v) is 15.6. The predicted octanol–water partition coefficient (Wildman–Crippen LogP) is 5.35. The number of carbonyl (C=O) groups is 1. The number of benzene rings is 2. The Morgan fingerprint density at radius 2 is 1.77 bits per heavy atom. The molecule has 26 heavy (non-hydrogen) atoms. The van der Waals surface area contributed by atoms with Crippen LogP contribution in [0, 0.1) is 6.92 Å². The molecule has 6 heteroatoms. The minimum absolute atomic E-state index is 0.144. The number of aromatic nitrogens is 1. The third-order valence-electron chi connectivity index (χ3n) is 3.68. The minimum Gasteiger partial charge on any atom is -0.491 e. The van der Waals surface area contributed by atoms with Crippen molar-refractivity contribution in [2.24, 2.45) is 0 Å². The van der Waals surface area contributed by atoms with E-state index in [1.165, 1.54) is 0 Å². The van der Waals surface area contributed by atoms with Crippen LogP contribution in [0.3, 0.4) is 0 Å². The van der Waals surface area contributed by atoms with E-state index in [0.717, 1.165) is 32.7 Å². The normalized spacial score (nSPS) is 10.8. The van der Waals surface area contributed by atoms with Crippen molar-refractivity contribution in [1.82, 2.24) is 4.98 Å². The second-order valence-corrected chi connectivity index (χ2v) is 7.33. The lowest BCUT2D eigenvalue weighted by Gasteiger charge is -2.09. The van der Waals surface area contributed by atoms with E-state index in [1.54, 1.807) is 35.6 Å². The van der Waals surface area contributed by atoms with Crippen molar-refractivity contribution >= 4 is 28.1 Å². The molecule has 0 atom stereocenters. The molecule has 134 valence electrons. The molecule has 1 heterocycles. The summed E-state index contributed by atoms with van der Waals surface area (Å²) in [6.45, 7) is 6.03. The summed E-state index contributed by atoms with van der Waals surface area (Å²) >= 11 is 1.56. The van der Waals surface area contributed by atoms with Crippen molar-refractivity contribution in [2.75, 3.05) is 5.32 Å². The van der Waals surface area contributed by atoms with Crippen LogP contribution in [0.4, 0.5) is 10.8 Å². The highest BCUT2D eigenvalue weighted by atomic mass is 32.1. The lowest BCUT2D eigenvalue weighted by Crippen LogP contribution is -2.05. The van der Waals surface area contributed by atoms with E-state index in [9.17, 15) is 4.79 Å². The number of hydrogen-bond donors (Lipinski definition) is 2. The van der Waals surface area contributed by atoms with E-state index in [-0.39, 0.29) is 11.7 Å².